The number of benzene rings is 2. The number of para-hydroxylation sites is 1. The van der Waals surface area contributed by atoms with Crippen LogP contribution < -0.4 is 5.32 Å². The van der Waals surface area contributed by atoms with E-state index >= 15 is 0 Å². The quantitative estimate of drug-likeness (QED) is 0.643. The molecule has 0 aliphatic carbocycles. The lowest BCUT2D eigenvalue weighted by atomic mass is 10.0. The molecular weight excluding hydrogens is 296 g/mol. The summed E-state index contributed by atoms with van der Waals surface area (Å²) in [7, 11) is 0. The van der Waals surface area contributed by atoms with Gasteiger partial charge in [-0.1, -0.05) is 60.7 Å². The summed E-state index contributed by atoms with van der Waals surface area (Å²) < 4.78 is 0. The van der Waals surface area contributed by atoms with E-state index in [0.29, 0.717) is 0 Å². The first-order chi connectivity index (χ1) is 11.8. The summed E-state index contributed by atoms with van der Waals surface area (Å²) in [6.45, 7) is 3.90. The number of hydrogen-bond donors (Lipinski definition) is 2. The number of aromatic nitrogens is 1. The molecule has 24 heavy (non-hydrogen) atoms. The van der Waals surface area contributed by atoms with Gasteiger partial charge in [0.05, 0.1) is 29.9 Å². The van der Waals surface area contributed by atoms with Crippen molar-refractivity contribution in [1.82, 2.24) is 10.3 Å². The molecule has 0 saturated carbocycles. The summed E-state index contributed by atoms with van der Waals surface area (Å²) in [5, 5.41) is 14.5. The fourth-order valence-corrected chi connectivity index (χ4v) is 2.90. The molecule has 0 bridgehead atoms. The Hall–Kier alpha value is -2.49. The van der Waals surface area contributed by atoms with Crippen molar-refractivity contribution in [2.75, 3.05) is 6.61 Å². The Morgan fingerprint density at radius 1 is 0.958 bits per heavy atom. The highest BCUT2D eigenvalue weighted by Crippen LogP contribution is 2.23. The molecule has 0 radical (unpaired) electrons. The van der Waals surface area contributed by atoms with Gasteiger partial charge in [-0.3, -0.25) is 10.3 Å². The van der Waals surface area contributed by atoms with Crippen LogP contribution in [-0.2, 0) is 0 Å². The fourth-order valence-electron chi connectivity index (χ4n) is 2.90. The van der Waals surface area contributed by atoms with Crippen LogP contribution in [-0.4, -0.2) is 16.7 Å². The molecule has 122 valence electrons. The van der Waals surface area contributed by atoms with Gasteiger partial charge in [0, 0.05) is 5.39 Å². The molecule has 3 heteroatoms. The van der Waals surface area contributed by atoms with Crippen molar-refractivity contribution in [1.29, 1.82) is 0 Å². The summed E-state index contributed by atoms with van der Waals surface area (Å²) in [4.78, 5) is 4.78. The minimum Gasteiger partial charge on any atom is -0.394 e. The van der Waals surface area contributed by atoms with Gasteiger partial charge in [0.15, 0.2) is 0 Å². The van der Waals surface area contributed by atoms with E-state index in [-0.39, 0.29) is 18.7 Å². The molecule has 0 aliphatic heterocycles. The highest BCUT2D eigenvalue weighted by molar-refractivity contribution is 5.78. The third-order valence-corrected chi connectivity index (χ3v) is 4.17. The van der Waals surface area contributed by atoms with Crippen LogP contribution in [0.5, 0.6) is 0 Å². The van der Waals surface area contributed by atoms with Gasteiger partial charge < -0.3 is 5.11 Å². The third-order valence-electron chi connectivity index (χ3n) is 4.17. The number of fused-ring (bicyclic) bond motifs is 1. The van der Waals surface area contributed by atoms with Gasteiger partial charge in [0.25, 0.3) is 0 Å². The van der Waals surface area contributed by atoms with Crippen molar-refractivity contribution in [3.05, 3.63) is 90.6 Å². The van der Waals surface area contributed by atoms with Crippen LogP contribution in [0, 0.1) is 0 Å². The molecule has 0 aliphatic rings. The molecule has 0 saturated heterocycles. The van der Waals surface area contributed by atoms with Crippen molar-refractivity contribution in [2.45, 2.75) is 18.5 Å². The van der Waals surface area contributed by atoms with Crippen LogP contribution in [0.15, 0.2) is 79.4 Å². The molecule has 2 N–H and O–H groups in total. The van der Waals surface area contributed by atoms with E-state index in [1.54, 1.807) is 0 Å². The average Bonchev–Trinajstić information content (AvgIpc) is 2.65. The van der Waals surface area contributed by atoms with E-state index in [0.717, 1.165) is 28.6 Å². The van der Waals surface area contributed by atoms with Crippen molar-refractivity contribution in [3.63, 3.8) is 0 Å². The molecule has 2 aromatic carbocycles. The van der Waals surface area contributed by atoms with Crippen LogP contribution in [0.1, 0.15) is 29.8 Å². The minimum atomic E-state index is -0.135. The van der Waals surface area contributed by atoms with Crippen molar-refractivity contribution < 1.29 is 5.11 Å². The standard InChI is InChI=1S/C21H22N2O/c1-2-8-19(23-21(15-24)16-9-4-3-5-10-16)20-14-13-17-11-6-7-12-18(17)22-20/h2-7,9-14,19,21,23-24H,1,8,15H2/t19-,21+/m1/s1. The topological polar surface area (TPSA) is 45.1 Å². The van der Waals surface area contributed by atoms with Gasteiger partial charge in [0.1, 0.15) is 0 Å². The zero-order chi connectivity index (χ0) is 16.8. The monoisotopic (exact) mass is 318 g/mol. The predicted octanol–water partition coefficient (Wildman–Crippen LogP) is 4.18. The Labute approximate surface area is 142 Å². The van der Waals surface area contributed by atoms with Crippen molar-refractivity contribution >= 4 is 10.9 Å². The molecule has 1 aromatic heterocycles. The third kappa shape index (κ3) is 3.70. The number of aliphatic hydroxyl groups is 1. The van der Waals surface area contributed by atoms with Gasteiger partial charge in [-0.15, -0.1) is 6.58 Å². The van der Waals surface area contributed by atoms with E-state index < -0.39 is 0 Å². The van der Waals surface area contributed by atoms with Crippen LogP contribution in [0.3, 0.4) is 0 Å². The SMILES string of the molecule is C=CC[C@@H](N[C@@H](CO)c1ccccc1)c1ccc2ccccc2n1. The summed E-state index contributed by atoms with van der Waals surface area (Å²) in [6.07, 6.45) is 2.63. The highest BCUT2D eigenvalue weighted by Gasteiger charge is 2.18. The summed E-state index contributed by atoms with van der Waals surface area (Å²) in [6, 6.07) is 22.1. The molecule has 3 aromatic rings. The first-order valence-electron chi connectivity index (χ1n) is 8.20. The van der Waals surface area contributed by atoms with Crippen LogP contribution in [0.25, 0.3) is 10.9 Å². The second-order valence-corrected chi connectivity index (χ2v) is 5.82. The van der Waals surface area contributed by atoms with E-state index in [1.165, 1.54) is 0 Å². The van der Waals surface area contributed by atoms with Gasteiger partial charge in [-0.05, 0) is 24.1 Å². The molecule has 2 atom stereocenters. The Balaban J connectivity index is 1.88. The smallest absolute Gasteiger partial charge is 0.0706 e. The normalized spacial score (nSPS) is 13.5. The second-order valence-electron chi connectivity index (χ2n) is 5.82. The van der Waals surface area contributed by atoms with E-state index in [2.05, 4.69) is 24.0 Å². The molecule has 0 spiro atoms. The second kappa shape index (κ2) is 7.86. The van der Waals surface area contributed by atoms with E-state index in [4.69, 9.17) is 4.98 Å². The molecular formula is C21H22N2O. The van der Waals surface area contributed by atoms with Crippen LogP contribution >= 0.6 is 0 Å². The molecule has 1 heterocycles. The number of rotatable bonds is 7. The first-order valence-corrected chi connectivity index (χ1v) is 8.20. The van der Waals surface area contributed by atoms with Gasteiger partial charge in [-0.2, -0.15) is 0 Å². The fraction of sp³-hybridized carbons (Fsp3) is 0.190. The lowest BCUT2D eigenvalue weighted by Gasteiger charge is -2.24. The van der Waals surface area contributed by atoms with Crippen molar-refractivity contribution in [3.8, 4) is 0 Å². The van der Waals surface area contributed by atoms with Crippen LogP contribution in [0.4, 0.5) is 0 Å². The highest BCUT2D eigenvalue weighted by atomic mass is 16.3. The Kier molecular flexibility index (Phi) is 5.36. The molecule has 0 amide bonds. The van der Waals surface area contributed by atoms with Crippen molar-refractivity contribution in [2.24, 2.45) is 0 Å². The number of aliphatic hydroxyl groups excluding tert-OH is 1. The van der Waals surface area contributed by atoms with Gasteiger partial charge >= 0.3 is 0 Å². The maximum Gasteiger partial charge on any atom is 0.0706 e. The van der Waals surface area contributed by atoms with Gasteiger partial charge in [-0.25, -0.2) is 0 Å². The lowest BCUT2D eigenvalue weighted by Crippen LogP contribution is -2.29. The maximum atomic E-state index is 9.81. The average molecular weight is 318 g/mol. The summed E-state index contributed by atoms with van der Waals surface area (Å²) in [5.41, 5.74) is 3.00. The first kappa shape index (κ1) is 16.4. The summed E-state index contributed by atoms with van der Waals surface area (Å²) in [5.74, 6) is 0. The minimum absolute atomic E-state index is 0.00413. The number of hydrogen-bond acceptors (Lipinski definition) is 3. The Morgan fingerprint density at radius 3 is 2.46 bits per heavy atom. The molecule has 0 fully saturated rings. The van der Waals surface area contributed by atoms with Gasteiger partial charge in [0.2, 0.25) is 0 Å². The molecule has 3 nitrogen and oxygen atoms in total. The van der Waals surface area contributed by atoms with E-state index in [1.807, 2.05) is 60.7 Å². The largest absolute Gasteiger partial charge is 0.394 e. The number of nitrogens with zero attached hydrogens (tertiary/aromatic N) is 1. The molecule has 0 unspecified atom stereocenters. The predicted molar refractivity (Wildman–Crippen MR) is 98.7 cm³/mol. The van der Waals surface area contributed by atoms with E-state index in [9.17, 15) is 5.11 Å². The Morgan fingerprint density at radius 2 is 1.71 bits per heavy atom. The zero-order valence-electron chi connectivity index (χ0n) is 13.6. The lowest BCUT2D eigenvalue weighted by molar-refractivity contribution is 0.232. The maximum absolute atomic E-state index is 9.81. The molecule has 3 rings (SSSR count). The van der Waals surface area contributed by atoms with Crippen LogP contribution in [0.2, 0.25) is 0 Å². The summed E-state index contributed by atoms with van der Waals surface area (Å²) >= 11 is 0. The Bertz CT molecular complexity index is 801. The zero-order valence-corrected chi connectivity index (χ0v) is 13.6. The number of nitrogens with one attached hydrogen (secondary N) is 1. The number of pyridine rings is 1.